The summed E-state index contributed by atoms with van der Waals surface area (Å²) in [6, 6.07) is 0. The Hall–Kier alpha value is -0.140. The van der Waals surface area contributed by atoms with Crippen LogP contribution in [0.15, 0.2) is 0 Å². The molecule has 0 bridgehead atoms. The SMILES string of the molecule is FC1(F)CCC([C]2CCC2)CC1. The Morgan fingerprint density at radius 2 is 1.67 bits per heavy atom. The van der Waals surface area contributed by atoms with E-state index in [1.807, 2.05) is 0 Å². The van der Waals surface area contributed by atoms with Crippen LogP contribution in [0.2, 0.25) is 0 Å². The molecule has 0 atom stereocenters. The highest BCUT2D eigenvalue weighted by Gasteiger charge is 2.38. The van der Waals surface area contributed by atoms with Gasteiger partial charge in [0, 0.05) is 12.8 Å². The molecular formula is C10H15F2. The standard InChI is InChI=1S/C10H15F2/c11-10(12)6-4-9(5-7-10)8-2-1-3-8/h9H,1-7H2. The second-order valence-corrected chi connectivity index (χ2v) is 4.14. The highest BCUT2D eigenvalue weighted by atomic mass is 19.3. The van der Waals surface area contributed by atoms with Crippen molar-refractivity contribution < 1.29 is 8.78 Å². The van der Waals surface area contributed by atoms with E-state index in [9.17, 15) is 8.78 Å². The van der Waals surface area contributed by atoms with Crippen LogP contribution in [0.3, 0.4) is 0 Å². The predicted octanol–water partition coefficient (Wildman–Crippen LogP) is 3.57. The molecule has 69 valence electrons. The summed E-state index contributed by atoms with van der Waals surface area (Å²) < 4.78 is 25.5. The Labute approximate surface area is 72.3 Å². The quantitative estimate of drug-likeness (QED) is 0.568. The maximum Gasteiger partial charge on any atom is 0.248 e. The molecule has 0 nitrogen and oxygen atoms in total. The maximum absolute atomic E-state index is 12.8. The van der Waals surface area contributed by atoms with Gasteiger partial charge in [0.25, 0.3) is 0 Å². The molecule has 0 aliphatic heterocycles. The number of rotatable bonds is 1. The molecule has 2 saturated carbocycles. The van der Waals surface area contributed by atoms with Crippen molar-refractivity contribution in [3.05, 3.63) is 5.92 Å². The zero-order valence-corrected chi connectivity index (χ0v) is 7.28. The van der Waals surface area contributed by atoms with Crippen molar-refractivity contribution in [2.24, 2.45) is 5.92 Å². The topological polar surface area (TPSA) is 0 Å². The van der Waals surface area contributed by atoms with Crippen LogP contribution in [0.5, 0.6) is 0 Å². The lowest BCUT2D eigenvalue weighted by Crippen LogP contribution is -2.30. The van der Waals surface area contributed by atoms with Gasteiger partial charge in [-0.3, -0.25) is 0 Å². The van der Waals surface area contributed by atoms with E-state index in [2.05, 4.69) is 0 Å². The summed E-state index contributed by atoms with van der Waals surface area (Å²) in [7, 11) is 0. The van der Waals surface area contributed by atoms with Crippen LogP contribution in [0.4, 0.5) is 8.78 Å². The van der Waals surface area contributed by atoms with Gasteiger partial charge in [0.05, 0.1) is 0 Å². The number of hydrogen-bond donors (Lipinski definition) is 0. The normalized spacial score (nSPS) is 31.5. The van der Waals surface area contributed by atoms with Gasteiger partial charge < -0.3 is 0 Å². The first-order chi connectivity index (χ1) is 5.67. The minimum absolute atomic E-state index is 0.126. The highest BCUT2D eigenvalue weighted by molar-refractivity contribution is 5.05. The number of halogens is 2. The van der Waals surface area contributed by atoms with Gasteiger partial charge >= 0.3 is 0 Å². The van der Waals surface area contributed by atoms with Gasteiger partial charge in [-0.15, -0.1) is 0 Å². The monoisotopic (exact) mass is 173 g/mol. The molecule has 2 aliphatic rings. The molecule has 2 aliphatic carbocycles. The van der Waals surface area contributed by atoms with Crippen LogP contribution in [-0.4, -0.2) is 5.92 Å². The van der Waals surface area contributed by atoms with Crippen molar-refractivity contribution in [3.8, 4) is 0 Å². The smallest absolute Gasteiger partial charge is 0.207 e. The van der Waals surface area contributed by atoms with Crippen molar-refractivity contribution in [1.29, 1.82) is 0 Å². The number of alkyl halides is 2. The first-order valence-corrected chi connectivity index (χ1v) is 4.90. The van der Waals surface area contributed by atoms with Crippen LogP contribution >= 0.6 is 0 Å². The molecular weight excluding hydrogens is 158 g/mol. The average molecular weight is 173 g/mol. The predicted molar refractivity (Wildman–Crippen MR) is 44.0 cm³/mol. The summed E-state index contributed by atoms with van der Waals surface area (Å²) >= 11 is 0. The fraction of sp³-hybridized carbons (Fsp3) is 0.900. The van der Waals surface area contributed by atoms with Gasteiger partial charge in [-0.2, -0.15) is 0 Å². The van der Waals surface area contributed by atoms with E-state index in [4.69, 9.17) is 0 Å². The molecule has 0 aromatic rings. The molecule has 0 amide bonds. The molecule has 0 unspecified atom stereocenters. The maximum atomic E-state index is 12.8. The molecule has 0 saturated heterocycles. The van der Waals surface area contributed by atoms with Crippen molar-refractivity contribution in [2.75, 3.05) is 0 Å². The van der Waals surface area contributed by atoms with Crippen LogP contribution < -0.4 is 0 Å². The molecule has 2 heteroatoms. The minimum atomic E-state index is -2.35. The lowest BCUT2D eigenvalue weighted by molar-refractivity contribution is -0.0459. The van der Waals surface area contributed by atoms with Crippen LogP contribution in [-0.2, 0) is 0 Å². The Morgan fingerprint density at radius 3 is 2.08 bits per heavy atom. The van der Waals surface area contributed by atoms with Crippen LogP contribution in [0, 0.1) is 11.8 Å². The van der Waals surface area contributed by atoms with Gasteiger partial charge in [-0.25, -0.2) is 8.78 Å². The minimum Gasteiger partial charge on any atom is -0.207 e. The highest BCUT2D eigenvalue weighted by Crippen LogP contribution is 2.46. The Kier molecular flexibility index (Phi) is 2.09. The van der Waals surface area contributed by atoms with E-state index in [0.717, 1.165) is 12.8 Å². The largest absolute Gasteiger partial charge is 0.248 e. The fourth-order valence-corrected chi connectivity index (χ4v) is 2.24. The molecule has 0 aromatic heterocycles. The molecule has 0 heterocycles. The third kappa shape index (κ3) is 1.62. The molecule has 1 radical (unpaired) electrons. The lowest BCUT2D eigenvalue weighted by atomic mass is 9.69. The zero-order valence-electron chi connectivity index (χ0n) is 7.28. The van der Waals surface area contributed by atoms with Gasteiger partial charge in [-0.1, -0.05) is 6.42 Å². The Morgan fingerprint density at radius 1 is 1.08 bits per heavy atom. The van der Waals surface area contributed by atoms with E-state index < -0.39 is 5.92 Å². The average Bonchev–Trinajstić information content (AvgIpc) is 1.89. The molecule has 0 spiro atoms. The van der Waals surface area contributed by atoms with E-state index in [-0.39, 0.29) is 12.8 Å². The van der Waals surface area contributed by atoms with Gasteiger partial charge in [0.2, 0.25) is 5.92 Å². The summed E-state index contributed by atoms with van der Waals surface area (Å²) in [6.45, 7) is 0. The van der Waals surface area contributed by atoms with Crippen LogP contribution in [0.25, 0.3) is 0 Å². The zero-order chi connectivity index (χ0) is 8.60. The van der Waals surface area contributed by atoms with Gasteiger partial charge in [0.1, 0.15) is 0 Å². The van der Waals surface area contributed by atoms with E-state index in [1.165, 1.54) is 19.3 Å². The molecule has 0 aromatic carbocycles. The Balaban J connectivity index is 1.81. The summed E-state index contributed by atoms with van der Waals surface area (Å²) in [4.78, 5) is 0. The summed E-state index contributed by atoms with van der Waals surface area (Å²) in [5.41, 5.74) is 0. The fourth-order valence-electron chi connectivity index (χ4n) is 2.24. The molecule has 2 rings (SSSR count). The third-order valence-electron chi connectivity index (χ3n) is 3.29. The summed E-state index contributed by atoms with van der Waals surface area (Å²) in [6.07, 6.45) is 5.46. The van der Waals surface area contributed by atoms with Crippen LogP contribution in [0.1, 0.15) is 44.9 Å². The summed E-state index contributed by atoms with van der Waals surface area (Å²) in [5, 5.41) is 0. The van der Waals surface area contributed by atoms with Crippen molar-refractivity contribution in [2.45, 2.75) is 50.9 Å². The Bertz CT molecular complexity index is 151. The first kappa shape index (κ1) is 8.46. The molecule has 12 heavy (non-hydrogen) atoms. The van der Waals surface area contributed by atoms with Crippen molar-refractivity contribution >= 4 is 0 Å². The van der Waals surface area contributed by atoms with Crippen molar-refractivity contribution in [1.82, 2.24) is 0 Å². The van der Waals surface area contributed by atoms with E-state index in [0.29, 0.717) is 5.92 Å². The lowest BCUT2D eigenvalue weighted by Gasteiger charge is -2.37. The second-order valence-electron chi connectivity index (χ2n) is 4.14. The molecule has 2 fully saturated rings. The van der Waals surface area contributed by atoms with Crippen molar-refractivity contribution in [3.63, 3.8) is 0 Å². The third-order valence-corrected chi connectivity index (χ3v) is 3.29. The number of hydrogen-bond acceptors (Lipinski definition) is 0. The van der Waals surface area contributed by atoms with E-state index in [1.54, 1.807) is 5.92 Å². The van der Waals surface area contributed by atoms with Gasteiger partial charge in [0.15, 0.2) is 0 Å². The van der Waals surface area contributed by atoms with Gasteiger partial charge in [-0.05, 0) is 37.5 Å². The summed E-state index contributed by atoms with van der Waals surface area (Å²) in [5.74, 6) is -0.218. The first-order valence-electron chi connectivity index (χ1n) is 4.90. The second kappa shape index (κ2) is 2.97. The van der Waals surface area contributed by atoms with E-state index >= 15 is 0 Å². The molecule has 0 N–H and O–H groups in total.